The Bertz CT molecular complexity index is 1820. The number of aromatic amines is 1. The van der Waals surface area contributed by atoms with Gasteiger partial charge >= 0.3 is 15.3 Å². The van der Waals surface area contributed by atoms with Crippen LogP contribution in [0.5, 0.6) is 0 Å². The highest BCUT2D eigenvalue weighted by Gasteiger charge is 2.61. The number of nitrogens with zero attached hydrogens (tertiary/aromatic N) is 7. The summed E-state index contributed by atoms with van der Waals surface area (Å²) < 4.78 is 67.1. The molecule has 9 atom stereocenters. The fourth-order valence-corrected chi connectivity index (χ4v) is 7.69. The van der Waals surface area contributed by atoms with Crippen LogP contribution in [0.3, 0.4) is 0 Å². The summed E-state index contributed by atoms with van der Waals surface area (Å²) in [4.78, 5) is 66.8. The SMILES string of the molecule is Nc1nc2c(ncn2[C@@H]2O[C@@H]3CO[P+](O)(O)O[C@H]4[C@H](F)[C@H](n5cnc6c(N)ncnc65)O[C@@H]4CO[P+](O)(S)O[C@@H]2[C@@H]3F)c(=O)[nH]1. The van der Waals surface area contributed by atoms with Crippen molar-refractivity contribution in [3.05, 3.63) is 29.3 Å². The molecular weight excluding hydrogens is 672 g/mol. The molecule has 4 aromatic rings. The lowest BCUT2D eigenvalue weighted by atomic mass is 10.1. The number of anilines is 2. The summed E-state index contributed by atoms with van der Waals surface area (Å²) in [6.07, 6.45) is -10.2. The second-order valence-electron chi connectivity index (χ2n) is 10.1. The van der Waals surface area contributed by atoms with Crippen molar-refractivity contribution in [3.8, 4) is 0 Å². The second kappa shape index (κ2) is 11.2. The Kier molecular flexibility index (Phi) is 7.66. The number of thiol groups is 1. The van der Waals surface area contributed by atoms with Gasteiger partial charge in [0.2, 0.25) is 5.95 Å². The van der Waals surface area contributed by atoms with E-state index in [0.29, 0.717) is 0 Å². The summed E-state index contributed by atoms with van der Waals surface area (Å²) in [6, 6.07) is 0. The maximum atomic E-state index is 15.9. The van der Waals surface area contributed by atoms with Gasteiger partial charge < -0.3 is 20.9 Å². The molecule has 8 N–H and O–H groups in total. The average Bonchev–Trinajstić information content (AvgIpc) is 3.72. The molecule has 4 aromatic heterocycles. The molecule has 1 unspecified atom stereocenters. The number of nitrogens with two attached hydrogens (primary N) is 2. The van der Waals surface area contributed by atoms with E-state index in [1.54, 1.807) is 0 Å². The van der Waals surface area contributed by atoms with Gasteiger partial charge in [-0.25, -0.2) is 28.7 Å². The number of nitrogens with one attached hydrogen (secondary N) is 1. The highest BCUT2D eigenvalue weighted by atomic mass is 32.7. The van der Waals surface area contributed by atoms with Gasteiger partial charge in [0.05, 0.1) is 24.9 Å². The van der Waals surface area contributed by atoms with Crippen LogP contribution in [0.25, 0.3) is 22.3 Å². The Morgan fingerprint density at radius 2 is 1.58 bits per heavy atom. The highest BCUT2D eigenvalue weighted by molar-refractivity contribution is 8.47. The first-order chi connectivity index (χ1) is 21.3. The van der Waals surface area contributed by atoms with Gasteiger partial charge in [-0.1, -0.05) is 0 Å². The number of alkyl halides is 2. The van der Waals surface area contributed by atoms with Gasteiger partial charge in [0.25, 0.3) is 5.56 Å². The molecule has 3 saturated heterocycles. The molecule has 20 nitrogen and oxygen atoms in total. The minimum Gasteiger partial charge on any atom is -0.382 e. The number of halogens is 2. The van der Waals surface area contributed by atoms with Crippen molar-refractivity contribution in [1.29, 1.82) is 0 Å². The monoisotopic (exact) mass is 696 g/mol. The maximum Gasteiger partial charge on any atom is 0.570 e. The lowest BCUT2D eigenvalue weighted by Crippen LogP contribution is -2.35. The number of aromatic nitrogens is 8. The molecule has 7 heterocycles. The fraction of sp³-hybridized carbons (Fsp3) is 0.500. The van der Waals surface area contributed by atoms with Crippen LogP contribution in [-0.2, 0) is 27.6 Å². The topological polar surface area (TPSA) is 275 Å². The molecule has 7 rings (SSSR count). The Morgan fingerprint density at radius 3 is 2.36 bits per heavy atom. The van der Waals surface area contributed by atoms with Gasteiger partial charge in [0.1, 0.15) is 37.3 Å². The third-order valence-corrected chi connectivity index (χ3v) is 9.89. The van der Waals surface area contributed by atoms with Gasteiger partial charge in [0, 0.05) is 0 Å². The van der Waals surface area contributed by atoms with Crippen molar-refractivity contribution < 1.29 is 51.0 Å². The number of rotatable bonds is 2. The Balaban J connectivity index is 1.20. The molecule has 0 spiro atoms. The van der Waals surface area contributed by atoms with E-state index in [1.807, 2.05) is 0 Å². The third kappa shape index (κ3) is 5.51. The van der Waals surface area contributed by atoms with Crippen molar-refractivity contribution in [2.45, 2.75) is 49.2 Å². The summed E-state index contributed by atoms with van der Waals surface area (Å²) in [6.45, 7) is -1.54. The predicted octanol–water partition coefficient (Wildman–Crippen LogP) is -0.326. The average molecular weight is 696 g/mol. The zero-order chi connectivity index (χ0) is 31.8. The van der Waals surface area contributed by atoms with Gasteiger partial charge in [-0.15, -0.1) is 4.52 Å². The molecule has 3 aliphatic heterocycles. The number of imidazole rings is 2. The van der Waals surface area contributed by atoms with Crippen LogP contribution in [-0.4, -0.2) is 104 Å². The summed E-state index contributed by atoms with van der Waals surface area (Å²) in [7, 11) is -9.17. The van der Waals surface area contributed by atoms with Gasteiger partial charge in [-0.2, -0.15) is 33.2 Å². The molecule has 0 saturated carbocycles. The first-order valence-electron chi connectivity index (χ1n) is 12.9. The van der Waals surface area contributed by atoms with E-state index in [2.05, 4.69) is 42.2 Å². The highest BCUT2D eigenvalue weighted by Crippen LogP contribution is 2.65. The lowest BCUT2D eigenvalue weighted by Gasteiger charge is -2.23. The van der Waals surface area contributed by atoms with Gasteiger partial charge in [-0.3, -0.25) is 18.9 Å². The molecule has 3 fully saturated rings. The molecule has 25 heteroatoms. The second-order valence-corrected chi connectivity index (χ2v) is 14.5. The van der Waals surface area contributed by atoms with E-state index in [9.17, 15) is 19.5 Å². The molecule has 3 aliphatic rings. The number of hydrogen-bond donors (Lipinski definition) is 7. The Hall–Kier alpha value is -2.79. The lowest BCUT2D eigenvalue weighted by molar-refractivity contribution is -0.0670. The molecule has 45 heavy (non-hydrogen) atoms. The van der Waals surface area contributed by atoms with E-state index < -0.39 is 83.3 Å². The molecule has 0 aromatic carbocycles. The minimum atomic E-state index is -4.89. The normalized spacial score (nSPS) is 35.6. The van der Waals surface area contributed by atoms with Crippen molar-refractivity contribution in [2.75, 3.05) is 24.7 Å². The van der Waals surface area contributed by atoms with Crippen LogP contribution in [0, 0.1) is 0 Å². The summed E-state index contributed by atoms with van der Waals surface area (Å²) in [5.41, 5.74) is 10.8. The Morgan fingerprint density at radius 1 is 0.889 bits per heavy atom. The fourth-order valence-electron chi connectivity index (χ4n) is 5.25. The predicted molar refractivity (Wildman–Crippen MR) is 151 cm³/mol. The van der Waals surface area contributed by atoms with Crippen LogP contribution in [0.15, 0.2) is 23.8 Å². The van der Waals surface area contributed by atoms with E-state index >= 15 is 8.78 Å². The Labute approximate surface area is 255 Å². The zero-order valence-electron chi connectivity index (χ0n) is 22.3. The number of H-pyrrole nitrogens is 1. The quantitative estimate of drug-likeness (QED) is 0.104. The maximum absolute atomic E-state index is 15.9. The van der Waals surface area contributed by atoms with Crippen molar-refractivity contribution in [2.24, 2.45) is 0 Å². The molecule has 0 radical (unpaired) electrons. The minimum absolute atomic E-state index is 0.0245. The van der Waals surface area contributed by atoms with E-state index in [0.717, 1.165) is 17.2 Å². The molecule has 0 amide bonds. The first-order valence-corrected chi connectivity index (χ1v) is 17.2. The van der Waals surface area contributed by atoms with Crippen LogP contribution >= 0.6 is 27.6 Å². The van der Waals surface area contributed by atoms with Gasteiger partial charge in [-0.05, 0) is 0 Å². The van der Waals surface area contributed by atoms with Crippen LogP contribution in [0.4, 0.5) is 20.5 Å². The van der Waals surface area contributed by atoms with E-state index in [1.165, 1.54) is 10.9 Å². The van der Waals surface area contributed by atoms with Crippen molar-refractivity contribution >= 4 is 61.7 Å². The van der Waals surface area contributed by atoms with E-state index in [-0.39, 0.29) is 34.1 Å². The summed E-state index contributed by atoms with van der Waals surface area (Å²) in [5.74, 6) is -0.246. The van der Waals surface area contributed by atoms with Gasteiger partial charge in [0.15, 0.2) is 59.6 Å². The largest absolute Gasteiger partial charge is 0.570 e. The standard InChI is InChI=1S/C20H23F2N10O10P2S/c21-8-6-1-37-43(34,35)41-12-7(40-18(9(12)22)31-4-27-10-14(23)25-3-26-15(10)31)2-38-44(36,45)42-13(8)19(39-6)32-5-28-11-16(32)29-20(24)30-17(11)33/h3-9,12-13,18-19,34-36,45H,1-2H2,(H4-,23,24,25,26,29,30,33)/q+1/p+1/t6-,7-,8-,9+,12-,13-,18-,19-,44?/m1/s1. The number of hydrogen-bond acceptors (Lipinski definition) is 18. The smallest absolute Gasteiger partial charge is 0.382 e. The van der Waals surface area contributed by atoms with Crippen molar-refractivity contribution in [3.63, 3.8) is 0 Å². The van der Waals surface area contributed by atoms with Crippen LogP contribution in [0.2, 0.25) is 0 Å². The molecule has 242 valence electrons. The molecular formula is C20H24F2N10O10P2S+2. The third-order valence-electron chi connectivity index (χ3n) is 7.25. The number of fused-ring (bicyclic) bond motifs is 5. The summed E-state index contributed by atoms with van der Waals surface area (Å²) in [5, 5.41) is 0. The van der Waals surface area contributed by atoms with Crippen molar-refractivity contribution in [1.82, 2.24) is 39.0 Å². The van der Waals surface area contributed by atoms with Crippen LogP contribution in [0.1, 0.15) is 12.5 Å². The molecule has 0 aliphatic carbocycles. The zero-order valence-corrected chi connectivity index (χ0v) is 25.0. The summed E-state index contributed by atoms with van der Waals surface area (Å²) >= 11 is 4.08. The number of nitrogen functional groups attached to an aromatic ring is 2. The first kappa shape index (κ1) is 30.8. The van der Waals surface area contributed by atoms with Crippen LogP contribution < -0.4 is 17.0 Å². The molecule has 2 bridgehead atoms. The number of ether oxygens (including phenoxy) is 2. The van der Waals surface area contributed by atoms with E-state index in [4.69, 9.17) is 39.0 Å².